The van der Waals surface area contributed by atoms with Crippen LogP contribution < -0.4 is 10.7 Å². The van der Waals surface area contributed by atoms with Crippen molar-refractivity contribution in [2.24, 2.45) is 5.10 Å². The lowest BCUT2D eigenvalue weighted by molar-refractivity contribution is -0.121. The third kappa shape index (κ3) is 2.35. The van der Waals surface area contributed by atoms with Gasteiger partial charge in [-0.2, -0.15) is 5.10 Å². The van der Waals surface area contributed by atoms with Crippen molar-refractivity contribution in [3.63, 3.8) is 0 Å². The Hall–Kier alpha value is -2.76. The smallest absolute Gasteiger partial charge is 0.271 e. The Labute approximate surface area is 114 Å². The first-order chi connectivity index (χ1) is 9.74. The van der Waals surface area contributed by atoms with E-state index in [9.17, 15) is 9.59 Å². The number of pyridine rings is 1. The molecule has 0 saturated carbocycles. The first-order valence-electron chi connectivity index (χ1n) is 6.23. The van der Waals surface area contributed by atoms with Gasteiger partial charge in [-0.25, -0.2) is 5.43 Å². The number of fused-ring (bicyclic) bond motifs is 1. The molecule has 0 unspecified atom stereocenters. The number of hydrogen-bond acceptors (Lipinski definition) is 4. The molecule has 1 aromatic heterocycles. The van der Waals surface area contributed by atoms with Crippen LogP contribution in [0, 0.1) is 0 Å². The molecule has 2 amide bonds. The second-order valence-corrected chi connectivity index (χ2v) is 4.45. The quantitative estimate of drug-likeness (QED) is 0.864. The largest absolute Gasteiger partial charge is 0.320 e. The van der Waals surface area contributed by atoms with Crippen molar-refractivity contribution in [2.75, 3.05) is 5.32 Å². The highest BCUT2D eigenvalue weighted by Crippen LogP contribution is 2.22. The number of hydrogen-bond donors (Lipinski definition) is 2. The van der Waals surface area contributed by atoms with Crippen LogP contribution in [0.2, 0.25) is 0 Å². The summed E-state index contributed by atoms with van der Waals surface area (Å²) >= 11 is 0. The molecular weight excluding hydrogens is 256 g/mol. The van der Waals surface area contributed by atoms with E-state index in [2.05, 4.69) is 20.8 Å². The second kappa shape index (κ2) is 5.08. The Kier molecular flexibility index (Phi) is 3.12. The van der Waals surface area contributed by atoms with Crippen molar-refractivity contribution in [3.05, 3.63) is 36.7 Å². The van der Waals surface area contributed by atoms with Crippen molar-refractivity contribution in [1.82, 2.24) is 10.4 Å². The molecule has 6 heteroatoms. The van der Waals surface area contributed by atoms with E-state index in [0.29, 0.717) is 17.8 Å². The molecule has 0 bridgehead atoms. The van der Waals surface area contributed by atoms with Gasteiger partial charge in [-0.15, -0.1) is 0 Å². The van der Waals surface area contributed by atoms with Gasteiger partial charge in [-0.1, -0.05) is 12.1 Å². The third-order valence-corrected chi connectivity index (χ3v) is 3.10. The molecule has 3 rings (SSSR count). The summed E-state index contributed by atoms with van der Waals surface area (Å²) in [6.07, 6.45) is 4.04. The van der Waals surface area contributed by atoms with Gasteiger partial charge in [0.05, 0.1) is 5.69 Å². The van der Waals surface area contributed by atoms with E-state index in [1.165, 1.54) is 0 Å². The molecule has 2 N–H and O–H groups in total. The number of amides is 2. The highest BCUT2D eigenvalue weighted by molar-refractivity contribution is 6.44. The van der Waals surface area contributed by atoms with Crippen LogP contribution in [-0.2, 0) is 9.59 Å². The highest BCUT2D eigenvalue weighted by atomic mass is 16.2. The summed E-state index contributed by atoms with van der Waals surface area (Å²) in [6.45, 7) is 0. The molecule has 0 radical (unpaired) electrons. The topological polar surface area (TPSA) is 83.5 Å². The van der Waals surface area contributed by atoms with Crippen LogP contribution in [0.15, 0.2) is 41.8 Å². The van der Waals surface area contributed by atoms with Crippen molar-refractivity contribution in [1.29, 1.82) is 0 Å². The van der Waals surface area contributed by atoms with Crippen molar-refractivity contribution < 1.29 is 9.59 Å². The lowest BCUT2D eigenvalue weighted by Gasteiger charge is -2.13. The molecule has 0 spiro atoms. The summed E-state index contributed by atoms with van der Waals surface area (Å²) in [5, 5.41) is 8.45. The lowest BCUT2D eigenvalue weighted by Crippen LogP contribution is -2.32. The van der Waals surface area contributed by atoms with Crippen LogP contribution in [0.1, 0.15) is 12.8 Å². The number of anilines is 1. The fourth-order valence-corrected chi connectivity index (χ4v) is 2.05. The predicted octanol–water partition coefficient (Wildman–Crippen LogP) is 1.44. The van der Waals surface area contributed by atoms with Crippen LogP contribution in [0.4, 0.5) is 5.69 Å². The molecule has 1 aliphatic rings. The zero-order valence-corrected chi connectivity index (χ0v) is 10.6. The van der Waals surface area contributed by atoms with E-state index >= 15 is 0 Å². The second-order valence-electron chi connectivity index (χ2n) is 4.45. The maximum Gasteiger partial charge on any atom is 0.271 e. The summed E-state index contributed by atoms with van der Waals surface area (Å²) in [5.41, 5.74) is 3.32. The maximum absolute atomic E-state index is 12.1. The molecule has 0 aliphatic carbocycles. The monoisotopic (exact) mass is 268 g/mol. The minimum absolute atomic E-state index is 0.170. The van der Waals surface area contributed by atoms with Gasteiger partial charge in [0, 0.05) is 30.6 Å². The summed E-state index contributed by atoms with van der Waals surface area (Å²) < 4.78 is 0. The predicted molar refractivity (Wildman–Crippen MR) is 75.2 cm³/mol. The Morgan fingerprint density at radius 3 is 2.95 bits per heavy atom. The van der Waals surface area contributed by atoms with Crippen LogP contribution in [-0.4, -0.2) is 22.5 Å². The van der Waals surface area contributed by atoms with Gasteiger partial charge in [-0.05, 0) is 17.5 Å². The Morgan fingerprint density at radius 1 is 1.25 bits per heavy atom. The fourth-order valence-electron chi connectivity index (χ4n) is 2.05. The number of carbonyl (C=O) groups is 2. The van der Waals surface area contributed by atoms with E-state index in [0.717, 1.165) is 10.8 Å². The Bertz CT molecular complexity index is 719. The fraction of sp³-hybridized carbons (Fsp3) is 0.143. The van der Waals surface area contributed by atoms with E-state index in [-0.39, 0.29) is 18.2 Å². The molecular formula is C14H12N4O2. The number of nitrogens with zero attached hydrogens (tertiary/aromatic N) is 2. The summed E-state index contributed by atoms with van der Waals surface area (Å²) in [6, 6.07) is 7.50. The number of rotatable bonds is 2. The average molecular weight is 268 g/mol. The minimum atomic E-state index is -0.304. The van der Waals surface area contributed by atoms with E-state index in [1.807, 2.05) is 24.3 Å². The molecule has 2 aromatic rings. The van der Waals surface area contributed by atoms with Gasteiger partial charge >= 0.3 is 0 Å². The first kappa shape index (κ1) is 12.3. The summed E-state index contributed by atoms with van der Waals surface area (Å²) in [5.74, 6) is -0.475. The van der Waals surface area contributed by atoms with Gasteiger partial charge in [0.15, 0.2) is 0 Å². The lowest BCUT2D eigenvalue weighted by atomic mass is 10.1. The zero-order valence-electron chi connectivity index (χ0n) is 10.6. The standard InChI is InChI=1S/C14H12N4O2/c19-13-5-4-12(17-18-13)14(20)16-11-3-1-2-9-6-7-15-8-10(9)11/h1-3,6-8H,4-5H2,(H,16,20)(H,18,19). The molecule has 1 aliphatic heterocycles. The molecule has 20 heavy (non-hydrogen) atoms. The SMILES string of the molecule is O=C1CCC(C(=O)Nc2cccc3ccncc23)=NN1. The Balaban J connectivity index is 1.86. The molecule has 0 saturated heterocycles. The van der Waals surface area contributed by atoms with Gasteiger partial charge < -0.3 is 5.32 Å². The van der Waals surface area contributed by atoms with Gasteiger partial charge in [0.1, 0.15) is 5.71 Å². The minimum Gasteiger partial charge on any atom is -0.320 e. The number of nitrogens with one attached hydrogen (secondary N) is 2. The first-order valence-corrected chi connectivity index (χ1v) is 6.23. The van der Waals surface area contributed by atoms with Crippen LogP contribution in [0.5, 0.6) is 0 Å². The number of aromatic nitrogens is 1. The summed E-state index contributed by atoms with van der Waals surface area (Å²) in [4.78, 5) is 27.2. The van der Waals surface area contributed by atoms with E-state index in [1.54, 1.807) is 12.4 Å². The van der Waals surface area contributed by atoms with Gasteiger partial charge in [-0.3, -0.25) is 14.6 Å². The number of carbonyl (C=O) groups excluding carboxylic acids is 2. The Morgan fingerprint density at radius 2 is 2.15 bits per heavy atom. The molecule has 2 heterocycles. The summed E-state index contributed by atoms with van der Waals surface area (Å²) in [7, 11) is 0. The maximum atomic E-state index is 12.1. The molecule has 6 nitrogen and oxygen atoms in total. The zero-order chi connectivity index (χ0) is 13.9. The van der Waals surface area contributed by atoms with Gasteiger partial charge in [0.25, 0.3) is 5.91 Å². The van der Waals surface area contributed by atoms with E-state index < -0.39 is 0 Å². The average Bonchev–Trinajstić information content (AvgIpc) is 2.48. The molecule has 1 aromatic carbocycles. The number of hydrazone groups is 1. The highest BCUT2D eigenvalue weighted by Gasteiger charge is 2.18. The third-order valence-electron chi connectivity index (χ3n) is 3.10. The van der Waals surface area contributed by atoms with Crippen molar-refractivity contribution in [2.45, 2.75) is 12.8 Å². The normalized spacial score (nSPS) is 14.6. The van der Waals surface area contributed by atoms with Crippen LogP contribution in [0.3, 0.4) is 0 Å². The molecule has 0 atom stereocenters. The van der Waals surface area contributed by atoms with Crippen molar-refractivity contribution in [3.8, 4) is 0 Å². The molecule has 0 fully saturated rings. The van der Waals surface area contributed by atoms with Crippen molar-refractivity contribution >= 4 is 34.0 Å². The molecule has 100 valence electrons. The van der Waals surface area contributed by atoms with E-state index in [4.69, 9.17) is 0 Å². The van der Waals surface area contributed by atoms with Gasteiger partial charge in [0.2, 0.25) is 5.91 Å². The van der Waals surface area contributed by atoms with Crippen LogP contribution >= 0.6 is 0 Å². The van der Waals surface area contributed by atoms with Crippen LogP contribution in [0.25, 0.3) is 10.8 Å². The number of benzene rings is 1.